The Bertz CT molecular complexity index is 721. The number of hydrogen-bond donors (Lipinski definition) is 0. The summed E-state index contributed by atoms with van der Waals surface area (Å²) in [5, 5.41) is 0. The van der Waals surface area contributed by atoms with Crippen LogP contribution in [0.25, 0.3) is 0 Å². The zero-order valence-electron chi connectivity index (χ0n) is 31.9. The number of hydrogen-bond acceptors (Lipinski definition) is 6. The van der Waals surface area contributed by atoms with E-state index < -0.39 is 6.10 Å². The number of carbonyl (C=O) groups excluding carboxylic acids is 3. The van der Waals surface area contributed by atoms with Crippen molar-refractivity contribution in [1.29, 1.82) is 0 Å². The average molecular weight is 667 g/mol. The predicted octanol–water partition coefficient (Wildman–Crippen LogP) is 12.2. The van der Waals surface area contributed by atoms with Gasteiger partial charge in [-0.3, -0.25) is 14.4 Å². The van der Waals surface area contributed by atoms with Crippen molar-refractivity contribution in [1.82, 2.24) is 0 Å². The van der Waals surface area contributed by atoms with Crippen molar-refractivity contribution in [2.24, 2.45) is 11.8 Å². The summed E-state index contributed by atoms with van der Waals surface area (Å²) in [6.45, 7) is 11.2. The first-order valence-electron chi connectivity index (χ1n) is 20.3. The van der Waals surface area contributed by atoms with E-state index in [0.717, 1.165) is 69.6 Å². The van der Waals surface area contributed by atoms with Crippen LogP contribution in [0.2, 0.25) is 0 Å². The molecule has 0 saturated heterocycles. The molecule has 0 heterocycles. The van der Waals surface area contributed by atoms with Crippen molar-refractivity contribution in [2.45, 2.75) is 221 Å². The zero-order chi connectivity index (χ0) is 34.8. The number of unbranched alkanes of at least 4 members (excludes halogenated alkanes) is 19. The Morgan fingerprint density at radius 2 is 0.809 bits per heavy atom. The molecule has 1 unspecified atom stereocenters. The summed E-state index contributed by atoms with van der Waals surface area (Å²) in [6.07, 6.45) is 29.6. The maximum absolute atomic E-state index is 12.5. The van der Waals surface area contributed by atoms with Gasteiger partial charge in [-0.15, -0.1) is 0 Å². The normalized spacial score (nSPS) is 12.6. The topological polar surface area (TPSA) is 78.9 Å². The van der Waals surface area contributed by atoms with Crippen LogP contribution in [0.5, 0.6) is 0 Å². The third-order valence-corrected chi connectivity index (χ3v) is 9.33. The van der Waals surface area contributed by atoms with Crippen LogP contribution in [0, 0.1) is 11.8 Å². The largest absolute Gasteiger partial charge is 0.462 e. The molecule has 278 valence electrons. The Morgan fingerprint density at radius 3 is 1.21 bits per heavy atom. The van der Waals surface area contributed by atoms with Crippen LogP contribution in [-0.4, -0.2) is 37.2 Å². The highest BCUT2D eigenvalue weighted by atomic mass is 16.6. The van der Waals surface area contributed by atoms with Gasteiger partial charge in [0.15, 0.2) is 6.10 Å². The van der Waals surface area contributed by atoms with Crippen LogP contribution in [-0.2, 0) is 28.6 Å². The lowest BCUT2D eigenvalue weighted by Crippen LogP contribution is -2.30. The van der Waals surface area contributed by atoms with Crippen molar-refractivity contribution >= 4 is 17.9 Å². The molecule has 0 N–H and O–H groups in total. The molecule has 47 heavy (non-hydrogen) atoms. The Kier molecular flexibility index (Phi) is 33.1. The maximum atomic E-state index is 12.5. The molecule has 0 aromatic rings. The number of rotatable bonds is 35. The highest BCUT2D eigenvalue weighted by molar-refractivity contribution is 5.71. The van der Waals surface area contributed by atoms with E-state index in [9.17, 15) is 14.4 Å². The zero-order valence-corrected chi connectivity index (χ0v) is 31.9. The molecule has 0 saturated carbocycles. The van der Waals surface area contributed by atoms with E-state index in [2.05, 4.69) is 34.6 Å². The molecule has 0 rings (SSSR count). The third-order valence-electron chi connectivity index (χ3n) is 9.33. The molecule has 0 amide bonds. The van der Waals surface area contributed by atoms with Gasteiger partial charge in [0.1, 0.15) is 13.2 Å². The van der Waals surface area contributed by atoms with Crippen molar-refractivity contribution in [3.05, 3.63) is 0 Å². The lowest BCUT2D eigenvalue weighted by Gasteiger charge is -2.18. The Morgan fingerprint density at radius 1 is 0.447 bits per heavy atom. The smallest absolute Gasteiger partial charge is 0.306 e. The van der Waals surface area contributed by atoms with E-state index in [-0.39, 0.29) is 31.1 Å². The first kappa shape index (κ1) is 45.4. The van der Waals surface area contributed by atoms with E-state index in [1.54, 1.807) is 0 Å². The second kappa shape index (κ2) is 34.3. The van der Waals surface area contributed by atoms with Gasteiger partial charge < -0.3 is 14.2 Å². The van der Waals surface area contributed by atoms with Gasteiger partial charge in [0.2, 0.25) is 0 Å². The molecule has 0 bridgehead atoms. The molecule has 2 atom stereocenters. The highest BCUT2D eigenvalue weighted by Gasteiger charge is 2.19. The Balaban J connectivity index is 4.31. The minimum atomic E-state index is -0.758. The summed E-state index contributed by atoms with van der Waals surface area (Å²) in [7, 11) is 0. The third kappa shape index (κ3) is 34.1. The van der Waals surface area contributed by atoms with Crippen molar-refractivity contribution in [3.63, 3.8) is 0 Å². The Hall–Kier alpha value is -1.59. The van der Waals surface area contributed by atoms with Crippen molar-refractivity contribution in [2.75, 3.05) is 13.2 Å². The van der Waals surface area contributed by atoms with E-state index in [0.29, 0.717) is 19.3 Å². The molecular formula is C41H78O6. The molecule has 0 fully saturated rings. The van der Waals surface area contributed by atoms with Crippen LogP contribution >= 0.6 is 0 Å². The summed E-state index contributed by atoms with van der Waals surface area (Å²) in [5.41, 5.74) is 0. The molecule has 0 aliphatic carbocycles. The van der Waals surface area contributed by atoms with E-state index in [1.807, 2.05) is 0 Å². The number of carbonyl (C=O) groups is 3. The van der Waals surface area contributed by atoms with Gasteiger partial charge in [-0.2, -0.15) is 0 Å². The van der Waals surface area contributed by atoms with Gasteiger partial charge in [-0.05, 0) is 31.1 Å². The predicted molar refractivity (Wildman–Crippen MR) is 196 cm³/mol. The van der Waals surface area contributed by atoms with Crippen LogP contribution in [0.15, 0.2) is 0 Å². The molecule has 0 aromatic heterocycles. The first-order valence-corrected chi connectivity index (χ1v) is 20.3. The van der Waals surface area contributed by atoms with Crippen LogP contribution < -0.4 is 0 Å². The van der Waals surface area contributed by atoms with Crippen molar-refractivity contribution < 1.29 is 28.6 Å². The van der Waals surface area contributed by atoms with Gasteiger partial charge in [0, 0.05) is 19.3 Å². The summed E-state index contributed by atoms with van der Waals surface area (Å²) in [4.78, 5) is 37.4. The SMILES string of the molecule is CCCCCCCCCC(=O)O[C@H](COC(=O)CCCCCCCCCCC(C)CC)COC(=O)CCCCCCCCCC(C)C. The van der Waals surface area contributed by atoms with Crippen LogP contribution in [0.1, 0.15) is 214 Å². The molecule has 6 heteroatoms. The van der Waals surface area contributed by atoms with Gasteiger partial charge in [-0.1, -0.05) is 176 Å². The quantitative estimate of drug-likeness (QED) is 0.0380. The number of esters is 3. The number of ether oxygens (including phenoxy) is 3. The molecule has 6 nitrogen and oxygen atoms in total. The lowest BCUT2D eigenvalue weighted by molar-refractivity contribution is -0.167. The summed E-state index contributed by atoms with van der Waals surface area (Å²) in [5.74, 6) is 0.755. The summed E-state index contributed by atoms with van der Waals surface area (Å²) in [6, 6.07) is 0. The highest BCUT2D eigenvalue weighted by Crippen LogP contribution is 2.16. The monoisotopic (exact) mass is 667 g/mol. The molecule has 0 radical (unpaired) electrons. The summed E-state index contributed by atoms with van der Waals surface area (Å²) >= 11 is 0. The fourth-order valence-electron chi connectivity index (χ4n) is 5.84. The average Bonchev–Trinajstić information content (AvgIpc) is 3.05. The van der Waals surface area contributed by atoms with E-state index >= 15 is 0 Å². The van der Waals surface area contributed by atoms with Gasteiger partial charge in [-0.25, -0.2) is 0 Å². The second-order valence-electron chi connectivity index (χ2n) is 14.6. The van der Waals surface area contributed by atoms with Gasteiger partial charge in [0.05, 0.1) is 0 Å². The van der Waals surface area contributed by atoms with Crippen LogP contribution in [0.4, 0.5) is 0 Å². The lowest BCUT2D eigenvalue weighted by atomic mass is 9.99. The maximum Gasteiger partial charge on any atom is 0.306 e. The molecule has 0 aliphatic heterocycles. The molecule has 0 aromatic carbocycles. The summed E-state index contributed by atoms with van der Waals surface area (Å²) < 4.78 is 16.6. The molecule has 0 aliphatic rings. The minimum absolute atomic E-state index is 0.0671. The van der Waals surface area contributed by atoms with Crippen molar-refractivity contribution in [3.8, 4) is 0 Å². The fraction of sp³-hybridized carbons (Fsp3) is 0.927. The van der Waals surface area contributed by atoms with E-state index in [4.69, 9.17) is 14.2 Å². The standard InChI is InChI=1S/C41H78O6/c1-6-8-9-10-14-23-28-33-41(44)47-38(35-46-40(43)32-27-22-18-13-15-19-24-29-36(3)4)34-45-39(42)31-26-21-17-12-11-16-20-25-30-37(5)7-2/h36-38H,6-35H2,1-5H3/t37?,38-/m1/s1. The first-order chi connectivity index (χ1) is 22.8. The van der Waals surface area contributed by atoms with Gasteiger partial charge >= 0.3 is 17.9 Å². The van der Waals surface area contributed by atoms with Crippen LogP contribution in [0.3, 0.4) is 0 Å². The molecular weight excluding hydrogens is 588 g/mol. The molecule has 0 spiro atoms. The van der Waals surface area contributed by atoms with Gasteiger partial charge in [0.25, 0.3) is 0 Å². The second-order valence-corrected chi connectivity index (χ2v) is 14.6. The Labute approximate surface area is 291 Å². The van der Waals surface area contributed by atoms with E-state index in [1.165, 1.54) is 103 Å². The minimum Gasteiger partial charge on any atom is -0.462 e. The fourth-order valence-corrected chi connectivity index (χ4v) is 5.84.